The van der Waals surface area contributed by atoms with Crippen LogP contribution >= 0.6 is 11.6 Å². The van der Waals surface area contributed by atoms with Crippen LogP contribution in [-0.2, 0) is 4.74 Å². The monoisotopic (exact) mass is 273 g/mol. The van der Waals surface area contributed by atoms with Crippen LogP contribution in [0.2, 0.25) is 0 Å². The Bertz CT molecular complexity index is 570. The first-order valence-electron chi connectivity index (χ1n) is 6.09. The van der Waals surface area contributed by atoms with Gasteiger partial charge in [-0.2, -0.15) is 0 Å². The van der Waals surface area contributed by atoms with Gasteiger partial charge in [0, 0.05) is 16.3 Å². The molecule has 1 unspecified atom stereocenters. The van der Waals surface area contributed by atoms with Crippen molar-refractivity contribution in [2.24, 2.45) is 5.73 Å². The minimum atomic E-state index is -0.0793. The zero-order valence-corrected chi connectivity index (χ0v) is 11.5. The fourth-order valence-corrected chi connectivity index (χ4v) is 1.82. The molecule has 0 aromatic carbocycles. The van der Waals surface area contributed by atoms with Crippen molar-refractivity contribution in [1.82, 2.24) is 0 Å². The van der Waals surface area contributed by atoms with E-state index in [1.54, 1.807) is 0 Å². The minimum Gasteiger partial charge on any atom is -0.398 e. The first-order chi connectivity index (χ1) is 9.15. The molecule has 2 aliphatic carbocycles. The van der Waals surface area contributed by atoms with Gasteiger partial charge in [-0.15, -0.1) is 5.73 Å². The maximum absolute atomic E-state index is 5.91. The third-order valence-electron chi connectivity index (χ3n) is 2.81. The third-order valence-corrected chi connectivity index (χ3v) is 3.07. The zero-order valence-electron chi connectivity index (χ0n) is 10.8. The number of halogens is 1. The molecule has 0 fully saturated rings. The van der Waals surface area contributed by atoms with Gasteiger partial charge in [0.1, 0.15) is 0 Å². The topological polar surface area (TPSA) is 35.2 Å². The van der Waals surface area contributed by atoms with E-state index >= 15 is 0 Å². The molecule has 0 aromatic rings. The van der Waals surface area contributed by atoms with Crippen LogP contribution in [-0.4, -0.2) is 12.7 Å². The molecule has 0 spiro atoms. The Morgan fingerprint density at radius 2 is 2.21 bits per heavy atom. The fourth-order valence-electron chi connectivity index (χ4n) is 1.67. The van der Waals surface area contributed by atoms with E-state index in [1.165, 1.54) is 0 Å². The molecule has 2 aliphatic rings. The van der Waals surface area contributed by atoms with Crippen molar-refractivity contribution in [2.75, 3.05) is 6.61 Å². The Kier molecular flexibility index (Phi) is 4.64. The van der Waals surface area contributed by atoms with Crippen LogP contribution in [0.15, 0.2) is 76.2 Å². The summed E-state index contributed by atoms with van der Waals surface area (Å²) >= 11 is 5.91. The van der Waals surface area contributed by atoms with Crippen molar-refractivity contribution in [3.05, 3.63) is 76.2 Å². The second-order valence-electron chi connectivity index (χ2n) is 4.35. The third kappa shape index (κ3) is 4.15. The van der Waals surface area contributed by atoms with Crippen LogP contribution < -0.4 is 5.73 Å². The number of rotatable bonds is 3. The van der Waals surface area contributed by atoms with Gasteiger partial charge in [0.15, 0.2) is 0 Å². The SMILES string of the molecule is CC1=C=CC=C(COC2C=CC=C(Cl)C=C2)C=C1N. The molecule has 2 nitrogen and oxygen atoms in total. The van der Waals surface area contributed by atoms with E-state index in [0.29, 0.717) is 11.6 Å². The summed E-state index contributed by atoms with van der Waals surface area (Å²) < 4.78 is 5.80. The lowest BCUT2D eigenvalue weighted by atomic mass is 10.2. The van der Waals surface area contributed by atoms with Crippen LogP contribution in [0, 0.1) is 0 Å². The molecule has 0 bridgehead atoms. The van der Waals surface area contributed by atoms with Gasteiger partial charge in [-0.3, -0.25) is 0 Å². The molecule has 0 radical (unpaired) electrons. The van der Waals surface area contributed by atoms with Crippen molar-refractivity contribution in [1.29, 1.82) is 0 Å². The number of hydrogen-bond donors (Lipinski definition) is 1. The fraction of sp³-hybridized carbons (Fsp3) is 0.188. The smallest absolute Gasteiger partial charge is 0.0948 e. The predicted octanol–water partition coefficient (Wildman–Crippen LogP) is 3.50. The lowest BCUT2D eigenvalue weighted by molar-refractivity contribution is 0.138. The first-order valence-corrected chi connectivity index (χ1v) is 6.47. The maximum atomic E-state index is 5.91. The summed E-state index contributed by atoms with van der Waals surface area (Å²) in [6, 6.07) is 0. The van der Waals surface area contributed by atoms with Crippen LogP contribution in [0.4, 0.5) is 0 Å². The standard InChI is InChI=1S/C16H16ClNO/c1-12-4-2-5-13(10-16(12)18)11-19-15-7-3-6-14(17)8-9-15/h2-3,5-10,15H,11,18H2,1H3. The van der Waals surface area contributed by atoms with E-state index in [9.17, 15) is 0 Å². The Balaban J connectivity index is 1.96. The van der Waals surface area contributed by atoms with E-state index in [0.717, 1.165) is 16.8 Å². The minimum absolute atomic E-state index is 0.0793. The number of nitrogens with two attached hydrogens (primary N) is 1. The molecule has 0 heterocycles. The molecule has 0 saturated carbocycles. The molecule has 0 aromatic heterocycles. The molecule has 2 rings (SSSR count). The number of hydrogen-bond acceptors (Lipinski definition) is 2. The summed E-state index contributed by atoms with van der Waals surface area (Å²) in [5.41, 5.74) is 11.7. The van der Waals surface area contributed by atoms with E-state index in [-0.39, 0.29) is 6.10 Å². The Hall–Kier alpha value is -1.73. The normalized spacial score (nSPS) is 22.1. The highest BCUT2D eigenvalue weighted by Gasteiger charge is 2.05. The van der Waals surface area contributed by atoms with Crippen molar-refractivity contribution in [3.63, 3.8) is 0 Å². The highest BCUT2D eigenvalue weighted by Crippen LogP contribution is 2.14. The predicted molar refractivity (Wildman–Crippen MR) is 79.6 cm³/mol. The molecular formula is C16H16ClNO. The molecular weight excluding hydrogens is 258 g/mol. The molecule has 98 valence electrons. The van der Waals surface area contributed by atoms with Gasteiger partial charge in [-0.1, -0.05) is 29.8 Å². The lowest BCUT2D eigenvalue weighted by Gasteiger charge is -2.10. The van der Waals surface area contributed by atoms with Crippen LogP contribution in [0.1, 0.15) is 6.92 Å². The van der Waals surface area contributed by atoms with Gasteiger partial charge in [0.05, 0.1) is 12.7 Å². The van der Waals surface area contributed by atoms with Crippen molar-refractivity contribution < 1.29 is 4.74 Å². The van der Waals surface area contributed by atoms with Gasteiger partial charge in [-0.25, -0.2) is 0 Å². The van der Waals surface area contributed by atoms with Gasteiger partial charge in [-0.05, 0) is 42.9 Å². The molecule has 1 atom stereocenters. The van der Waals surface area contributed by atoms with E-state index < -0.39 is 0 Å². The van der Waals surface area contributed by atoms with Crippen molar-refractivity contribution in [2.45, 2.75) is 13.0 Å². The second-order valence-corrected chi connectivity index (χ2v) is 4.78. The number of ether oxygens (including phenoxy) is 1. The molecule has 2 N–H and O–H groups in total. The van der Waals surface area contributed by atoms with E-state index in [2.05, 4.69) is 5.73 Å². The molecule has 0 amide bonds. The van der Waals surface area contributed by atoms with Crippen LogP contribution in [0.3, 0.4) is 0 Å². The highest BCUT2D eigenvalue weighted by atomic mass is 35.5. The number of allylic oxidation sites excluding steroid dienone is 6. The quantitative estimate of drug-likeness (QED) is 0.799. The summed E-state index contributed by atoms with van der Waals surface area (Å²) in [6.07, 6.45) is 15.1. The van der Waals surface area contributed by atoms with Gasteiger partial charge in [0.25, 0.3) is 0 Å². The summed E-state index contributed by atoms with van der Waals surface area (Å²) in [4.78, 5) is 0. The maximum Gasteiger partial charge on any atom is 0.0948 e. The second kappa shape index (κ2) is 6.44. The van der Waals surface area contributed by atoms with E-state index in [4.69, 9.17) is 22.1 Å². The van der Waals surface area contributed by atoms with E-state index in [1.807, 2.05) is 55.5 Å². The Morgan fingerprint density at radius 1 is 1.37 bits per heavy atom. The average molecular weight is 274 g/mol. The Morgan fingerprint density at radius 3 is 3.05 bits per heavy atom. The summed E-state index contributed by atoms with van der Waals surface area (Å²) in [5.74, 6) is 0. The average Bonchev–Trinajstić information content (AvgIpc) is 2.68. The van der Waals surface area contributed by atoms with Gasteiger partial charge >= 0.3 is 0 Å². The first kappa shape index (κ1) is 13.7. The van der Waals surface area contributed by atoms with Crippen molar-refractivity contribution >= 4 is 11.6 Å². The largest absolute Gasteiger partial charge is 0.398 e. The van der Waals surface area contributed by atoms with Gasteiger partial charge in [0.2, 0.25) is 0 Å². The molecule has 3 heteroatoms. The summed E-state index contributed by atoms with van der Waals surface area (Å²) in [7, 11) is 0. The molecule has 0 aliphatic heterocycles. The van der Waals surface area contributed by atoms with Gasteiger partial charge < -0.3 is 10.5 Å². The lowest BCUT2D eigenvalue weighted by Crippen LogP contribution is -2.09. The summed E-state index contributed by atoms with van der Waals surface area (Å²) in [6.45, 7) is 2.42. The zero-order chi connectivity index (χ0) is 13.7. The molecule has 19 heavy (non-hydrogen) atoms. The highest BCUT2D eigenvalue weighted by molar-refractivity contribution is 6.31. The van der Waals surface area contributed by atoms with Crippen molar-refractivity contribution in [3.8, 4) is 0 Å². The van der Waals surface area contributed by atoms with Crippen LogP contribution in [0.5, 0.6) is 0 Å². The Labute approximate surface area is 118 Å². The summed E-state index contributed by atoms with van der Waals surface area (Å²) in [5, 5.41) is 0.697. The van der Waals surface area contributed by atoms with Crippen LogP contribution in [0.25, 0.3) is 0 Å². The molecule has 0 saturated heterocycles.